The molecule has 0 spiro atoms. The zero-order valence-electron chi connectivity index (χ0n) is 11.2. The maximum atomic E-state index is 11.1. The Morgan fingerprint density at radius 2 is 1.74 bits per heavy atom. The maximum Gasteiger partial charge on any atom is 0.238 e. The van der Waals surface area contributed by atoms with Crippen LogP contribution in [0.25, 0.3) is 0 Å². The van der Waals surface area contributed by atoms with Gasteiger partial charge in [0.15, 0.2) is 0 Å². The number of likely N-dealkylation sites (N-methyl/N-ethyl adjacent to an activating group) is 1. The van der Waals surface area contributed by atoms with Crippen LogP contribution in [0.3, 0.4) is 0 Å². The first-order valence-electron chi connectivity index (χ1n) is 5.86. The Morgan fingerprint density at radius 3 is 2.26 bits per heavy atom. The van der Waals surface area contributed by atoms with Gasteiger partial charge in [-0.1, -0.05) is 0 Å². The van der Waals surface area contributed by atoms with Crippen LogP contribution in [-0.2, 0) is 14.8 Å². The van der Waals surface area contributed by atoms with Crippen LogP contribution in [0.2, 0.25) is 0 Å². The third-order valence-corrected chi connectivity index (χ3v) is 3.50. The quantitative estimate of drug-likeness (QED) is 0.743. The fourth-order valence-corrected chi connectivity index (χ4v) is 1.92. The number of nitrogens with two attached hydrogens (primary N) is 1. The maximum absolute atomic E-state index is 11.1. The lowest BCUT2D eigenvalue weighted by molar-refractivity contribution is 0.150. The first kappa shape index (κ1) is 15.9. The number of benzene rings is 1. The summed E-state index contributed by atoms with van der Waals surface area (Å²) in [7, 11) is 0.00124. The van der Waals surface area contributed by atoms with Crippen LogP contribution in [0.1, 0.15) is 0 Å². The molecule has 1 aromatic rings. The summed E-state index contributed by atoms with van der Waals surface area (Å²) < 4.78 is 32.6. The Balaban J connectivity index is 2.38. The molecule has 0 bridgehead atoms. The average Bonchev–Trinajstić information content (AvgIpc) is 2.36. The molecule has 1 aromatic carbocycles. The largest absolute Gasteiger partial charge is 0.492 e. The van der Waals surface area contributed by atoms with Crippen LogP contribution in [0.5, 0.6) is 5.75 Å². The van der Waals surface area contributed by atoms with Crippen molar-refractivity contribution in [1.82, 2.24) is 4.90 Å². The molecule has 0 aliphatic rings. The van der Waals surface area contributed by atoms with Gasteiger partial charge in [-0.25, -0.2) is 13.6 Å². The van der Waals surface area contributed by atoms with Gasteiger partial charge in [-0.3, -0.25) is 0 Å². The lowest BCUT2D eigenvalue weighted by Crippen LogP contribution is -2.27. The zero-order chi connectivity index (χ0) is 14.3. The van der Waals surface area contributed by atoms with Crippen LogP contribution in [-0.4, -0.2) is 53.8 Å². The molecule has 108 valence electrons. The van der Waals surface area contributed by atoms with E-state index in [1.807, 2.05) is 7.05 Å². The third-order valence-electron chi connectivity index (χ3n) is 2.57. The number of sulfonamides is 1. The van der Waals surface area contributed by atoms with Crippen molar-refractivity contribution in [1.29, 1.82) is 0 Å². The Kier molecular flexibility index (Phi) is 6.23. The lowest BCUT2D eigenvalue weighted by Gasteiger charge is -2.16. The van der Waals surface area contributed by atoms with Gasteiger partial charge < -0.3 is 14.4 Å². The van der Waals surface area contributed by atoms with E-state index < -0.39 is 10.0 Å². The first-order chi connectivity index (χ1) is 8.93. The average molecular weight is 288 g/mol. The highest BCUT2D eigenvalue weighted by Crippen LogP contribution is 2.14. The second-order valence-electron chi connectivity index (χ2n) is 4.16. The highest BCUT2D eigenvalue weighted by atomic mass is 32.2. The van der Waals surface area contributed by atoms with Crippen molar-refractivity contribution >= 4 is 10.0 Å². The van der Waals surface area contributed by atoms with Gasteiger partial charge in [-0.05, 0) is 31.3 Å². The minimum absolute atomic E-state index is 0.0806. The fourth-order valence-electron chi connectivity index (χ4n) is 1.40. The molecule has 0 aliphatic heterocycles. The predicted molar refractivity (Wildman–Crippen MR) is 72.7 cm³/mol. The van der Waals surface area contributed by atoms with Crippen LogP contribution < -0.4 is 9.88 Å². The van der Waals surface area contributed by atoms with E-state index in [1.165, 1.54) is 12.1 Å². The molecule has 0 aromatic heterocycles. The molecule has 0 saturated heterocycles. The first-order valence-corrected chi connectivity index (χ1v) is 7.41. The SMILES string of the molecule is COCCN(C)CCOc1ccc(S(N)(=O)=O)cc1. The van der Waals surface area contributed by atoms with E-state index >= 15 is 0 Å². The fraction of sp³-hybridized carbons (Fsp3) is 0.500. The van der Waals surface area contributed by atoms with Crippen molar-refractivity contribution in [2.75, 3.05) is 40.5 Å². The van der Waals surface area contributed by atoms with E-state index in [4.69, 9.17) is 14.6 Å². The van der Waals surface area contributed by atoms with Crippen molar-refractivity contribution in [2.24, 2.45) is 5.14 Å². The van der Waals surface area contributed by atoms with E-state index in [1.54, 1.807) is 19.2 Å². The normalized spacial score (nSPS) is 11.8. The minimum atomic E-state index is -3.64. The van der Waals surface area contributed by atoms with Crippen molar-refractivity contribution in [3.8, 4) is 5.75 Å². The molecule has 0 amide bonds. The minimum Gasteiger partial charge on any atom is -0.492 e. The smallest absolute Gasteiger partial charge is 0.238 e. The van der Waals surface area contributed by atoms with Gasteiger partial charge in [0.25, 0.3) is 0 Å². The van der Waals surface area contributed by atoms with Gasteiger partial charge in [0.2, 0.25) is 10.0 Å². The standard InChI is InChI=1S/C12H20N2O4S/c1-14(7-9-17-2)8-10-18-11-3-5-12(6-4-11)19(13,15)16/h3-6H,7-10H2,1-2H3,(H2,13,15,16). The van der Waals surface area contributed by atoms with Crippen LogP contribution in [0.4, 0.5) is 0 Å². The van der Waals surface area contributed by atoms with Gasteiger partial charge in [0.1, 0.15) is 12.4 Å². The lowest BCUT2D eigenvalue weighted by atomic mass is 10.3. The second-order valence-corrected chi connectivity index (χ2v) is 5.72. The molecular formula is C12H20N2O4S. The molecule has 19 heavy (non-hydrogen) atoms. The molecule has 2 N–H and O–H groups in total. The second kappa shape index (κ2) is 7.44. The number of methoxy groups -OCH3 is 1. The predicted octanol–water partition coefficient (Wildman–Crippen LogP) is 0.291. The van der Waals surface area contributed by atoms with Gasteiger partial charge in [-0.15, -0.1) is 0 Å². The van der Waals surface area contributed by atoms with E-state index in [-0.39, 0.29) is 4.90 Å². The molecule has 0 aliphatic carbocycles. The summed E-state index contributed by atoms with van der Waals surface area (Å²) in [4.78, 5) is 2.17. The molecule has 6 nitrogen and oxygen atoms in total. The van der Waals surface area contributed by atoms with E-state index in [9.17, 15) is 8.42 Å². The summed E-state index contributed by atoms with van der Waals surface area (Å²) in [6.45, 7) is 2.80. The molecule has 0 heterocycles. The Morgan fingerprint density at radius 1 is 1.16 bits per heavy atom. The number of primary sulfonamides is 1. The summed E-state index contributed by atoms with van der Waals surface area (Å²) >= 11 is 0. The summed E-state index contributed by atoms with van der Waals surface area (Å²) in [5, 5.41) is 5.01. The van der Waals surface area contributed by atoms with Crippen LogP contribution in [0.15, 0.2) is 29.2 Å². The number of nitrogens with zero attached hydrogens (tertiary/aromatic N) is 1. The summed E-state index contributed by atoms with van der Waals surface area (Å²) in [5.41, 5.74) is 0. The summed E-state index contributed by atoms with van der Waals surface area (Å²) in [6, 6.07) is 6.04. The van der Waals surface area contributed by atoms with E-state index in [0.29, 0.717) is 19.0 Å². The molecule has 0 saturated carbocycles. The molecule has 0 unspecified atom stereocenters. The monoisotopic (exact) mass is 288 g/mol. The van der Waals surface area contributed by atoms with E-state index in [0.717, 1.165) is 13.1 Å². The zero-order valence-corrected chi connectivity index (χ0v) is 12.0. The Bertz CT molecular complexity index is 473. The number of hydrogen-bond donors (Lipinski definition) is 1. The number of hydrogen-bond acceptors (Lipinski definition) is 5. The molecule has 7 heteroatoms. The Hall–Kier alpha value is -1.15. The summed E-state index contributed by atoms with van der Waals surface area (Å²) in [6.07, 6.45) is 0. The molecule has 1 rings (SSSR count). The van der Waals surface area contributed by atoms with Gasteiger partial charge in [0, 0.05) is 20.2 Å². The molecule has 0 radical (unpaired) electrons. The topological polar surface area (TPSA) is 81.9 Å². The van der Waals surface area contributed by atoms with E-state index in [2.05, 4.69) is 4.90 Å². The molecule has 0 fully saturated rings. The highest BCUT2D eigenvalue weighted by molar-refractivity contribution is 7.89. The van der Waals surface area contributed by atoms with Crippen LogP contribution >= 0.6 is 0 Å². The van der Waals surface area contributed by atoms with Gasteiger partial charge >= 0.3 is 0 Å². The molecule has 0 atom stereocenters. The van der Waals surface area contributed by atoms with Crippen molar-refractivity contribution in [3.63, 3.8) is 0 Å². The summed E-state index contributed by atoms with van der Waals surface area (Å²) in [5.74, 6) is 0.618. The van der Waals surface area contributed by atoms with Crippen molar-refractivity contribution < 1.29 is 17.9 Å². The highest BCUT2D eigenvalue weighted by Gasteiger charge is 2.07. The van der Waals surface area contributed by atoms with Gasteiger partial charge in [0.05, 0.1) is 11.5 Å². The number of ether oxygens (including phenoxy) is 2. The van der Waals surface area contributed by atoms with Crippen molar-refractivity contribution in [2.45, 2.75) is 4.90 Å². The van der Waals surface area contributed by atoms with Crippen LogP contribution in [0, 0.1) is 0 Å². The Labute approximate surface area is 114 Å². The number of rotatable bonds is 8. The van der Waals surface area contributed by atoms with Crippen molar-refractivity contribution in [3.05, 3.63) is 24.3 Å². The third kappa shape index (κ3) is 6.02. The molecular weight excluding hydrogens is 268 g/mol. The van der Waals surface area contributed by atoms with Gasteiger partial charge in [-0.2, -0.15) is 0 Å².